The first-order valence-corrected chi connectivity index (χ1v) is 9.55. The topological polar surface area (TPSA) is 32.8 Å². The highest BCUT2D eigenvalue weighted by Gasteiger charge is 2.40. The molecule has 2 saturated heterocycles. The molecule has 124 valence electrons. The van der Waals surface area contributed by atoms with Crippen LogP contribution in [0.5, 0.6) is 0 Å². The lowest BCUT2D eigenvalue weighted by Crippen LogP contribution is -2.47. The van der Waals surface area contributed by atoms with Crippen molar-refractivity contribution in [2.24, 2.45) is 5.92 Å². The molecule has 0 aliphatic carbocycles. The Bertz CT molecular complexity index is 588. The van der Waals surface area contributed by atoms with Crippen LogP contribution in [0.3, 0.4) is 0 Å². The zero-order valence-corrected chi connectivity index (χ0v) is 14.4. The number of thioether (sulfide) groups is 1. The summed E-state index contributed by atoms with van der Waals surface area (Å²) in [5, 5.41) is 0. The lowest BCUT2D eigenvalue weighted by atomic mass is 10.00. The van der Waals surface area contributed by atoms with Crippen LogP contribution in [0.1, 0.15) is 18.4 Å². The quantitative estimate of drug-likeness (QED) is 0.830. The zero-order valence-electron chi connectivity index (χ0n) is 13.6. The van der Waals surface area contributed by atoms with Gasteiger partial charge in [0.05, 0.1) is 19.1 Å². The summed E-state index contributed by atoms with van der Waals surface area (Å²) < 4.78 is 5.46. The molecule has 2 fully saturated rings. The van der Waals surface area contributed by atoms with Gasteiger partial charge >= 0.3 is 0 Å². The van der Waals surface area contributed by atoms with Crippen molar-refractivity contribution < 1.29 is 9.53 Å². The second kappa shape index (κ2) is 6.46. The number of fused-ring (bicyclic) bond motifs is 1. The van der Waals surface area contributed by atoms with Crippen molar-refractivity contribution in [2.75, 3.05) is 45.1 Å². The van der Waals surface area contributed by atoms with Gasteiger partial charge in [0.1, 0.15) is 0 Å². The van der Waals surface area contributed by atoms with Gasteiger partial charge in [0, 0.05) is 42.9 Å². The lowest BCUT2D eigenvalue weighted by Gasteiger charge is -2.34. The van der Waals surface area contributed by atoms with E-state index in [2.05, 4.69) is 34.9 Å². The molecule has 1 aromatic carbocycles. The number of rotatable bonds is 2. The molecule has 0 spiro atoms. The summed E-state index contributed by atoms with van der Waals surface area (Å²) in [5.41, 5.74) is 1.23. The first-order valence-electron chi connectivity index (χ1n) is 8.56. The minimum absolute atomic E-state index is 0.0480. The van der Waals surface area contributed by atoms with Crippen LogP contribution in [0.4, 0.5) is 0 Å². The predicted octanol–water partition coefficient (Wildman–Crippen LogP) is 2.05. The van der Waals surface area contributed by atoms with E-state index in [1.54, 1.807) is 0 Å². The lowest BCUT2D eigenvalue weighted by molar-refractivity contribution is -0.131. The monoisotopic (exact) mass is 332 g/mol. The number of amides is 1. The molecule has 3 heterocycles. The Morgan fingerprint density at radius 1 is 1.22 bits per heavy atom. The first kappa shape index (κ1) is 15.5. The van der Waals surface area contributed by atoms with Crippen molar-refractivity contribution in [2.45, 2.75) is 23.8 Å². The summed E-state index contributed by atoms with van der Waals surface area (Å²) >= 11 is 1.82. The maximum absolute atomic E-state index is 13.1. The summed E-state index contributed by atoms with van der Waals surface area (Å²) in [6, 6.07) is 8.86. The minimum atomic E-state index is 0.0480. The SMILES string of the molecule is C[C@@H]1CN(C(=O)[C@@H]2CSc3ccccc32)C[C@@H]1N1CCOCC1. The number of carbonyl (C=O) groups is 1. The van der Waals surface area contributed by atoms with Gasteiger partial charge in [0.2, 0.25) is 5.91 Å². The van der Waals surface area contributed by atoms with Crippen LogP contribution >= 0.6 is 11.8 Å². The minimum Gasteiger partial charge on any atom is -0.379 e. The van der Waals surface area contributed by atoms with Gasteiger partial charge < -0.3 is 9.64 Å². The van der Waals surface area contributed by atoms with E-state index < -0.39 is 0 Å². The number of ether oxygens (including phenoxy) is 1. The Morgan fingerprint density at radius 3 is 2.83 bits per heavy atom. The second-order valence-corrected chi connectivity index (χ2v) is 7.90. The Morgan fingerprint density at radius 2 is 2.00 bits per heavy atom. The molecule has 1 amide bonds. The average molecular weight is 332 g/mol. The summed E-state index contributed by atoms with van der Waals surface area (Å²) in [7, 11) is 0. The zero-order chi connectivity index (χ0) is 15.8. The van der Waals surface area contributed by atoms with Gasteiger partial charge in [-0.25, -0.2) is 0 Å². The van der Waals surface area contributed by atoms with Gasteiger partial charge in [-0.1, -0.05) is 25.1 Å². The van der Waals surface area contributed by atoms with Crippen molar-refractivity contribution >= 4 is 17.7 Å². The number of carbonyl (C=O) groups excluding carboxylic acids is 1. The van der Waals surface area contributed by atoms with Gasteiger partial charge in [-0.3, -0.25) is 9.69 Å². The Labute approximate surface area is 142 Å². The molecule has 4 nitrogen and oxygen atoms in total. The Hall–Kier alpha value is -1.04. The van der Waals surface area contributed by atoms with Crippen LogP contribution < -0.4 is 0 Å². The van der Waals surface area contributed by atoms with Crippen molar-refractivity contribution in [1.82, 2.24) is 9.80 Å². The van der Waals surface area contributed by atoms with E-state index in [4.69, 9.17) is 4.74 Å². The molecule has 0 unspecified atom stereocenters. The van der Waals surface area contributed by atoms with Crippen molar-refractivity contribution in [3.8, 4) is 0 Å². The normalized spacial score (nSPS) is 31.3. The van der Waals surface area contributed by atoms with Crippen molar-refractivity contribution in [3.63, 3.8) is 0 Å². The van der Waals surface area contributed by atoms with Crippen LogP contribution in [-0.4, -0.2) is 66.9 Å². The molecule has 0 bridgehead atoms. The number of nitrogens with zero attached hydrogens (tertiary/aromatic N) is 2. The highest BCUT2D eigenvalue weighted by Crippen LogP contribution is 2.41. The van der Waals surface area contributed by atoms with E-state index in [1.807, 2.05) is 17.8 Å². The van der Waals surface area contributed by atoms with Gasteiger partial charge in [0.15, 0.2) is 0 Å². The van der Waals surface area contributed by atoms with Gasteiger partial charge in [-0.15, -0.1) is 11.8 Å². The summed E-state index contributed by atoms with van der Waals surface area (Å²) in [6.45, 7) is 7.70. The van der Waals surface area contributed by atoms with Crippen LogP contribution in [0, 0.1) is 5.92 Å². The van der Waals surface area contributed by atoms with Gasteiger partial charge in [-0.05, 0) is 17.5 Å². The molecule has 0 aromatic heterocycles. The molecule has 1 aromatic rings. The number of benzene rings is 1. The third kappa shape index (κ3) is 2.90. The number of hydrogen-bond donors (Lipinski definition) is 0. The number of morpholine rings is 1. The maximum atomic E-state index is 13.1. The standard InChI is InChI=1S/C18H24N2O2S/c1-13-10-20(11-16(13)19-6-8-22-9-7-19)18(21)15-12-23-17-5-3-2-4-14(15)17/h2-5,13,15-16H,6-12H2,1H3/t13-,15-,16+/m1/s1. The Balaban J connectivity index is 1.46. The van der Waals surface area contributed by atoms with Crippen molar-refractivity contribution in [1.29, 1.82) is 0 Å². The van der Waals surface area contributed by atoms with Crippen LogP contribution in [0.15, 0.2) is 29.2 Å². The molecule has 0 radical (unpaired) electrons. The van der Waals surface area contributed by atoms with E-state index in [-0.39, 0.29) is 5.92 Å². The summed E-state index contributed by atoms with van der Waals surface area (Å²) in [4.78, 5) is 19.0. The third-order valence-electron chi connectivity index (χ3n) is 5.40. The maximum Gasteiger partial charge on any atom is 0.231 e. The van der Waals surface area contributed by atoms with Crippen LogP contribution in [0.2, 0.25) is 0 Å². The predicted molar refractivity (Wildman–Crippen MR) is 91.8 cm³/mol. The largest absolute Gasteiger partial charge is 0.379 e. The van der Waals surface area contributed by atoms with E-state index in [9.17, 15) is 4.79 Å². The van der Waals surface area contributed by atoms with E-state index in [0.717, 1.165) is 45.1 Å². The second-order valence-electron chi connectivity index (χ2n) is 6.84. The highest BCUT2D eigenvalue weighted by molar-refractivity contribution is 7.99. The van der Waals surface area contributed by atoms with Crippen LogP contribution in [0.25, 0.3) is 0 Å². The molecule has 3 aliphatic heterocycles. The summed E-state index contributed by atoms with van der Waals surface area (Å²) in [6.07, 6.45) is 0. The molecule has 4 rings (SSSR count). The average Bonchev–Trinajstić information content (AvgIpc) is 3.19. The Kier molecular flexibility index (Phi) is 4.35. The van der Waals surface area contributed by atoms with Crippen LogP contribution in [-0.2, 0) is 9.53 Å². The molecular formula is C18H24N2O2S. The van der Waals surface area contributed by atoms with Crippen molar-refractivity contribution in [3.05, 3.63) is 29.8 Å². The molecular weight excluding hydrogens is 308 g/mol. The molecule has 0 N–H and O–H groups in total. The fourth-order valence-corrected chi connectivity index (χ4v) is 5.32. The van der Waals surface area contributed by atoms with Gasteiger partial charge in [-0.2, -0.15) is 0 Å². The molecule has 3 atom stereocenters. The smallest absolute Gasteiger partial charge is 0.231 e. The van der Waals surface area contributed by atoms with E-state index >= 15 is 0 Å². The van der Waals surface area contributed by atoms with E-state index in [0.29, 0.717) is 17.9 Å². The fourth-order valence-electron chi connectivity index (χ4n) is 4.10. The molecule has 3 aliphatic rings. The molecule has 5 heteroatoms. The molecule has 0 saturated carbocycles. The number of likely N-dealkylation sites (tertiary alicyclic amines) is 1. The highest BCUT2D eigenvalue weighted by atomic mass is 32.2. The summed E-state index contributed by atoms with van der Waals surface area (Å²) in [5.74, 6) is 1.81. The number of hydrogen-bond acceptors (Lipinski definition) is 4. The van der Waals surface area contributed by atoms with E-state index in [1.165, 1.54) is 10.5 Å². The molecule has 23 heavy (non-hydrogen) atoms. The third-order valence-corrected chi connectivity index (χ3v) is 6.58. The fraction of sp³-hybridized carbons (Fsp3) is 0.611. The first-order chi connectivity index (χ1) is 11.2. The van der Waals surface area contributed by atoms with Gasteiger partial charge in [0.25, 0.3) is 0 Å².